The van der Waals surface area contributed by atoms with Crippen molar-refractivity contribution in [3.63, 3.8) is 0 Å². The Morgan fingerprint density at radius 2 is 2.17 bits per heavy atom. The molecule has 0 saturated heterocycles. The largest absolute Gasteiger partial charge is 0.369 e. The number of thioether (sulfide) groups is 1. The van der Waals surface area contributed by atoms with Crippen LogP contribution in [0.3, 0.4) is 0 Å². The molecule has 0 aliphatic rings. The third-order valence-corrected chi connectivity index (χ3v) is 3.57. The highest BCUT2D eigenvalue weighted by atomic mass is 32.2. The van der Waals surface area contributed by atoms with Gasteiger partial charge in [-0.15, -0.1) is 0 Å². The summed E-state index contributed by atoms with van der Waals surface area (Å²) in [4.78, 5) is 3.98. The number of halogens is 2. The van der Waals surface area contributed by atoms with E-state index in [2.05, 4.69) is 4.98 Å². The van der Waals surface area contributed by atoms with Crippen molar-refractivity contribution in [2.24, 2.45) is 0 Å². The number of aromatic nitrogens is 2. The molecule has 6 heteroatoms. The fourth-order valence-electron chi connectivity index (χ4n) is 2.02. The Labute approximate surface area is 108 Å². The Morgan fingerprint density at radius 3 is 2.83 bits per heavy atom. The maximum absolute atomic E-state index is 13.6. The van der Waals surface area contributed by atoms with Crippen LogP contribution in [-0.4, -0.2) is 21.6 Å². The van der Waals surface area contributed by atoms with Crippen LogP contribution in [0.2, 0.25) is 0 Å². The first-order valence-corrected chi connectivity index (χ1v) is 7.05. The first-order chi connectivity index (χ1) is 8.54. The third-order valence-electron chi connectivity index (χ3n) is 2.92. The Hall–Kier alpha value is -1.30. The highest BCUT2D eigenvalue weighted by molar-refractivity contribution is 7.98. The lowest BCUT2D eigenvalue weighted by atomic mass is 10.2. The van der Waals surface area contributed by atoms with E-state index in [9.17, 15) is 8.78 Å². The monoisotopic (exact) mass is 271 g/mol. The molecule has 0 radical (unpaired) electrons. The van der Waals surface area contributed by atoms with E-state index >= 15 is 0 Å². The van der Waals surface area contributed by atoms with Gasteiger partial charge in [0.25, 0.3) is 0 Å². The average Bonchev–Trinajstić information content (AvgIpc) is 2.63. The van der Waals surface area contributed by atoms with Gasteiger partial charge in [0.1, 0.15) is 11.3 Å². The molecule has 0 spiro atoms. The van der Waals surface area contributed by atoms with Crippen molar-refractivity contribution in [1.82, 2.24) is 9.55 Å². The van der Waals surface area contributed by atoms with E-state index in [1.54, 1.807) is 16.3 Å². The van der Waals surface area contributed by atoms with Gasteiger partial charge in [-0.05, 0) is 25.4 Å². The van der Waals surface area contributed by atoms with Crippen LogP contribution in [0, 0.1) is 11.6 Å². The first-order valence-electron chi connectivity index (χ1n) is 5.66. The van der Waals surface area contributed by atoms with Crippen LogP contribution < -0.4 is 5.73 Å². The second kappa shape index (κ2) is 5.14. The third kappa shape index (κ3) is 2.29. The molecule has 1 heterocycles. The molecule has 0 bridgehead atoms. The Kier molecular flexibility index (Phi) is 3.75. The standard InChI is InChI=1S/C12H15F2N3S/c1-7(3-4-18-2)17-10-6-8(13)5-9(14)11(10)16-12(17)15/h5-7H,3-4H2,1-2H3,(H2,15,16). The maximum Gasteiger partial charge on any atom is 0.201 e. The Bertz CT molecular complexity index is 568. The Balaban J connectivity index is 2.52. The average molecular weight is 271 g/mol. The minimum atomic E-state index is -0.674. The van der Waals surface area contributed by atoms with Crippen LogP contribution in [0.15, 0.2) is 12.1 Å². The van der Waals surface area contributed by atoms with Crippen molar-refractivity contribution in [1.29, 1.82) is 0 Å². The molecule has 2 aromatic rings. The van der Waals surface area contributed by atoms with E-state index in [1.165, 1.54) is 6.07 Å². The number of benzene rings is 1. The van der Waals surface area contributed by atoms with Gasteiger partial charge < -0.3 is 10.3 Å². The summed E-state index contributed by atoms with van der Waals surface area (Å²) < 4.78 is 28.5. The van der Waals surface area contributed by atoms with Crippen LogP contribution in [0.25, 0.3) is 11.0 Å². The molecule has 18 heavy (non-hydrogen) atoms. The number of nitrogens with two attached hydrogens (primary N) is 1. The maximum atomic E-state index is 13.6. The highest BCUT2D eigenvalue weighted by Crippen LogP contribution is 2.27. The van der Waals surface area contributed by atoms with Gasteiger partial charge in [-0.1, -0.05) is 0 Å². The van der Waals surface area contributed by atoms with Crippen molar-refractivity contribution in [2.45, 2.75) is 19.4 Å². The fourth-order valence-corrected chi connectivity index (χ4v) is 2.60. The van der Waals surface area contributed by atoms with Crippen molar-refractivity contribution >= 4 is 28.7 Å². The predicted molar refractivity (Wildman–Crippen MR) is 71.8 cm³/mol. The molecule has 0 aliphatic heterocycles. The predicted octanol–water partition coefficient (Wildman–Crippen LogP) is 3.21. The summed E-state index contributed by atoms with van der Waals surface area (Å²) in [5.74, 6) is -0.105. The smallest absolute Gasteiger partial charge is 0.201 e. The van der Waals surface area contributed by atoms with E-state index in [4.69, 9.17) is 5.73 Å². The zero-order valence-electron chi connectivity index (χ0n) is 10.3. The summed E-state index contributed by atoms with van der Waals surface area (Å²) in [5, 5.41) is 0. The molecule has 1 aromatic heterocycles. The van der Waals surface area contributed by atoms with Gasteiger partial charge in [-0.2, -0.15) is 11.8 Å². The van der Waals surface area contributed by atoms with Crippen LogP contribution in [-0.2, 0) is 0 Å². The zero-order chi connectivity index (χ0) is 13.3. The Morgan fingerprint density at radius 1 is 1.44 bits per heavy atom. The molecule has 1 atom stereocenters. The lowest BCUT2D eigenvalue weighted by molar-refractivity contribution is 0.552. The van der Waals surface area contributed by atoms with Crippen LogP contribution in [0.1, 0.15) is 19.4 Å². The van der Waals surface area contributed by atoms with Crippen LogP contribution >= 0.6 is 11.8 Å². The molecule has 98 valence electrons. The van der Waals surface area contributed by atoms with E-state index in [0.29, 0.717) is 5.52 Å². The molecule has 0 saturated carbocycles. The van der Waals surface area contributed by atoms with E-state index in [0.717, 1.165) is 18.2 Å². The second-order valence-corrected chi connectivity index (χ2v) is 5.21. The quantitative estimate of drug-likeness (QED) is 0.928. The lowest BCUT2D eigenvalue weighted by Crippen LogP contribution is -2.09. The summed E-state index contributed by atoms with van der Waals surface area (Å²) in [7, 11) is 0. The number of nitrogen functional groups attached to an aromatic ring is 1. The summed E-state index contributed by atoms with van der Waals surface area (Å²) in [6.45, 7) is 1.97. The summed E-state index contributed by atoms with van der Waals surface area (Å²) in [6, 6.07) is 2.16. The van der Waals surface area contributed by atoms with Crippen molar-refractivity contribution in [2.75, 3.05) is 17.7 Å². The summed E-state index contributed by atoms with van der Waals surface area (Å²) in [5.41, 5.74) is 6.35. The SMILES string of the molecule is CSCCC(C)n1c(N)nc2c(F)cc(F)cc21. The zero-order valence-corrected chi connectivity index (χ0v) is 11.1. The van der Waals surface area contributed by atoms with Gasteiger partial charge in [-0.3, -0.25) is 0 Å². The molecule has 0 amide bonds. The lowest BCUT2D eigenvalue weighted by Gasteiger charge is -2.15. The molecular formula is C12H15F2N3S. The fraction of sp³-hybridized carbons (Fsp3) is 0.417. The van der Waals surface area contributed by atoms with E-state index in [-0.39, 0.29) is 17.5 Å². The normalized spacial score (nSPS) is 13.1. The van der Waals surface area contributed by atoms with Gasteiger partial charge in [0.15, 0.2) is 5.82 Å². The first kappa shape index (κ1) is 13.1. The summed E-state index contributed by atoms with van der Waals surface area (Å²) >= 11 is 1.72. The van der Waals surface area contributed by atoms with E-state index < -0.39 is 11.6 Å². The molecular weight excluding hydrogens is 256 g/mol. The van der Waals surface area contributed by atoms with Crippen molar-refractivity contribution in [3.05, 3.63) is 23.8 Å². The number of rotatable bonds is 4. The number of anilines is 1. The minimum absolute atomic E-state index is 0.0589. The number of imidazole rings is 1. The van der Waals surface area contributed by atoms with Crippen molar-refractivity contribution < 1.29 is 8.78 Å². The van der Waals surface area contributed by atoms with Gasteiger partial charge >= 0.3 is 0 Å². The summed E-state index contributed by atoms with van der Waals surface area (Å²) in [6.07, 6.45) is 2.89. The minimum Gasteiger partial charge on any atom is -0.369 e. The van der Waals surface area contributed by atoms with Crippen LogP contribution in [0.5, 0.6) is 0 Å². The van der Waals surface area contributed by atoms with Gasteiger partial charge in [0.2, 0.25) is 5.95 Å². The molecule has 0 aliphatic carbocycles. The molecule has 2 N–H and O–H groups in total. The molecule has 1 aromatic carbocycles. The van der Waals surface area contributed by atoms with Gasteiger partial charge in [0, 0.05) is 18.2 Å². The van der Waals surface area contributed by atoms with Gasteiger partial charge in [-0.25, -0.2) is 13.8 Å². The number of fused-ring (bicyclic) bond motifs is 1. The highest BCUT2D eigenvalue weighted by Gasteiger charge is 2.17. The topological polar surface area (TPSA) is 43.8 Å². The van der Waals surface area contributed by atoms with Crippen LogP contribution in [0.4, 0.5) is 14.7 Å². The molecule has 1 unspecified atom stereocenters. The number of hydrogen-bond acceptors (Lipinski definition) is 3. The molecule has 3 nitrogen and oxygen atoms in total. The van der Waals surface area contributed by atoms with Gasteiger partial charge in [0.05, 0.1) is 5.52 Å². The molecule has 2 rings (SSSR count). The second-order valence-electron chi connectivity index (χ2n) is 4.23. The van der Waals surface area contributed by atoms with Crippen molar-refractivity contribution in [3.8, 4) is 0 Å². The number of hydrogen-bond donors (Lipinski definition) is 1. The van der Waals surface area contributed by atoms with E-state index in [1.807, 2.05) is 13.2 Å². The molecule has 0 fully saturated rings. The number of nitrogens with zero attached hydrogens (tertiary/aromatic N) is 2.